The van der Waals surface area contributed by atoms with Gasteiger partial charge in [0.1, 0.15) is 4.70 Å². The van der Waals surface area contributed by atoms with E-state index in [9.17, 15) is 9.59 Å². The fraction of sp³-hybridized carbons (Fsp3) is 0.300. The van der Waals surface area contributed by atoms with Crippen molar-refractivity contribution in [2.24, 2.45) is 0 Å². The van der Waals surface area contributed by atoms with Crippen LogP contribution in [-0.4, -0.2) is 30.8 Å². The number of nitrogens with one attached hydrogen (secondary N) is 1. The van der Waals surface area contributed by atoms with E-state index in [-0.39, 0.29) is 17.2 Å². The highest BCUT2D eigenvalue weighted by molar-refractivity contribution is 7.99. The summed E-state index contributed by atoms with van der Waals surface area (Å²) in [5, 5.41) is 13.9. The van der Waals surface area contributed by atoms with Gasteiger partial charge in [-0.2, -0.15) is 0 Å². The fourth-order valence-electron chi connectivity index (χ4n) is 3.29. The van der Waals surface area contributed by atoms with E-state index >= 15 is 0 Å². The van der Waals surface area contributed by atoms with Crippen molar-refractivity contribution in [2.75, 3.05) is 11.1 Å². The van der Waals surface area contributed by atoms with Crippen LogP contribution < -0.4 is 10.9 Å². The summed E-state index contributed by atoms with van der Waals surface area (Å²) in [6.07, 6.45) is 0.820. The summed E-state index contributed by atoms with van der Waals surface area (Å²) >= 11 is 2.72. The van der Waals surface area contributed by atoms with Crippen LogP contribution in [0.25, 0.3) is 16.0 Å². The van der Waals surface area contributed by atoms with Gasteiger partial charge < -0.3 is 5.32 Å². The Morgan fingerprint density at radius 1 is 1.24 bits per heavy atom. The summed E-state index contributed by atoms with van der Waals surface area (Å²) in [5.74, 6) is 0.606. The summed E-state index contributed by atoms with van der Waals surface area (Å²) in [6, 6.07) is 7.82. The van der Waals surface area contributed by atoms with E-state index in [0.29, 0.717) is 22.2 Å². The van der Waals surface area contributed by atoms with Crippen molar-refractivity contribution >= 4 is 50.7 Å². The minimum atomic E-state index is -0.109. The van der Waals surface area contributed by atoms with Crippen LogP contribution in [-0.2, 0) is 11.3 Å². The first-order chi connectivity index (χ1) is 14.0. The number of hydrogen-bond donors (Lipinski definition) is 1. The number of hydrogen-bond acceptors (Lipinski definition) is 6. The van der Waals surface area contributed by atoms with E-state index < -0.39 is 0 Å². The third-order valence-corrected chi connectivity index (χ3v) is 6.44. The minimum Gasteiger partial charge on any atom is -0.325 e. The standard InChI is InChI=1S/C20H21N5O2S2/c1-4-8-24-18(27)17-15(7-9-28-17)25-19(24)22-23-20(25)29-11-16(26)21-14-6-5-12(2)10-13(14)3/h5-7,9-10H,4,8,11H2,1-3H3,(H,21,26). The summed E-state index contributed by atoms with van der Waals surface area (Å²) in [4.78, 5) is 25.2. The van der Waals surface area contributed by atoms with Crippen molar-refractivity contribution < 1.29 is 4.79 Å². The number of thioether (sulfide) groups is 1. The molecule has 1 N–H and O–H groups in total. The van der Waals surface area contributed by atoms with Crippen molar-refractivity contribution in [1.29, 1.82) is 0 Å². The number of aryl methyl sites for hydroxylation is 3. The lowest BCUT2D eigenvalue weighted by molar-refractivity contribution is -0.113. The first-order valence-corrected chi connectivity index (χ1v) is 11.2. The molecular formula is C20H21N5O2S2. The average Bonchev–Trinajstić information content (AvgIpc) is 3.32. The van der Waals surface area contributed by atoms with Gasteiger partial charge in [0.25, 0.3) is 5.56 Å². The van der Waals surface area contributed by atoms with Gasteiger partial charge in [0, 0.05) is 12.2 Å². The Balaban J connectivity index is 1.62. The Morgan fingerprint density at radius 2 is 2.07 bits per heavy atom. The molecule has 0 atom stereocenters. The number of amides is 1. The molecule has 3 heterocycles. The molecule has 0 bridgehead atoms. The highest BCUT2D eigenvalue weighted by atomic mass is 32.2. The van der Waals surface area contributed by atoms with Crippen LogP contribution in [0.5, 0.6) is 0 Å². The predicted octanol–water partition coefficient (Wildman–Crippen LogP) is 3.86. The molecule has 7 nitrogen and oxygen atoms in total. The molecule has 4 rings (SSSR count). The molecule has 9 heteroatoms. The zero-order valence-electron chi connectivity index (χ0n) is 16.4. The van der Waals surface area contributed by atoms with Crippen LogP contribution in [0, 0.1) is 13.8 Å². The van der Waals surface area contributed by atoms with E-state index in [1.165, 1.54) is 23.1 Å². The Morgan fingerprint density at radius 3 is 2.83 bits per heavy atom. The van der Waals surface area contributed by atoms with Gasteiger partial charge in [0.05, 0.1) is 11.3 Å². The zero-order valence-corrected chi connectivity index (χ0v) is 18.1. The van der Waals surface area contributed by atoms with E-state index in [1.54, 1.807) is 4.57 Å². The average molecular weight is 428 g/mol. The monoisotopic (exact) mass is 427 g/mol. The maximum atomic E-state index is 12.7. The van der Waals surface area contributed by atoms with Crippen LogP contribution in [0.15, 0.2) is 39.6 Å². The van der Waals surface area contributed by atoms with E-state index in [0.717, 1.165) is 28.8 Å². The summed E-state index contributed by atoms with van der Waals surface area (Å²) in [7, 11) is 0. The molecule has 4 aromatic rings. The van der Waals surface area contributed by atoms with Crippen molar-refractivity contribution in [3.63, 3.8) is 0 Å². The number of carbonyl (C=O) groups is 1. The van der Waals surface area contributed by atoms with Crippen LogP contribution in [0.4, 0.5) is 5.69 Å². The molecule has 1 aromatic carbocycles. The lowest BCUT2D eigenvalue weighted by atomic mass is 10.1. The minimum absolute atomic E-state index is 0.0408. The topological polar surface area (TPSA) is 81.3 Å². The molecular weight excluding hydrogens is 406 g/mol. The van der Waals surface area contributed by atoms with E-state index in [1.807, 2.05) is 54.8 Å². The predicted molar refractivity (Wildman–Crippen MR) is 118 cm³/mol. The van der Waals surface area contributed by atoms with Gasteiger partial charge in [-0.3, -0.25) is 18.6 Å². The number of carbonyl (C=O) groups excluding carboxylic acids is 1. The first kappa shape index (κ1) is 19.7. The molecule has 0 saturated carbocycles. The molecule has 0 fully saturated rings. The van der Waals surface area contributed by atoms with E-state index in [2.05, 4.69) is 15.5 Å². The third-order valence-electron chi connectivity index (χ3n) is 4.62. The summed E-state index contributed by atoms with van der Waals surface area (Å²) < 4.78 is 4.20. The normalized spacial score (nSPS) is 11.4. The van der Waals surface area contributed by atoms with Crippen molar-refractivity contribution in [3.8, 4) is 0 Å². The Hall–Kier alpha value is -2.65. The molecule has 3 aromatic heterocycles. The number of anilines is 1. The van der Waals surface area contributed by atoms with Crippen LogP contribution in [0.2, 0.25) is 0 Å². The maximum Gasteiger partial charge on any atom is 0.272 e. The fourth-order valence-corrected chi connectivity index (χ4v) is 4.85. The van der Waals surface area contributed by atoms with Gasteiger partial charge in [-0.15, -0.1) is 21.5 Å². The van der Waals surface area contributed by atoms with Crippen LogP contribution in [0.1, 0.15) is 24.5 Å². The molecule has 0 spiro atoms. The molecule has 0 aliphatic rings. The number of aromatic nitrogens is 4. The molecule has 0 aliphatic carbocycles. The van der Waals surface area contributed by atoms with Gasteiger partial charge in [-0.1, -0.05) is 36.4 Å². The highest BCUT2D eigenvalue weighted by Crippen LogP contribution is 2.25. The molecule has 1 amide bonds. The maximum absolute atomic E-state index is 12.7. The smallest absolute Gasteiger partial charge is 0.272 e. The number of benzene rings is 1. The molecule has 0 aliphatic heterocycles. The molecule has 0 unspecified atom stereocenters. The molecule has 0 saturated heterocycles. The second kappa shape index (κ2) is 8.00. The van der Waals surface area contributed by atoms with Gasteiger partial charge in [0.15, 0.2) is 5.16 Å². The third kappa shape index (κ3) is 3.67. The number of fused-ring (bicyclic) bond motifs is 3. The highest BCUT2D eigenvalue weighted by Gasteiger charge is 2.18. The SMILES string of the molecule is CCCn1c(=O)c2sccc2n2c(SCC(=O)Nc3ccc(C)cc3C)nnc12. The van der Waals surface area contributed by atoms with Crippen LogP contribution >= 0.6 is 23.1 Å². The van der Waals surface area contributed by atoms with Crippen molar-refractivity contribution in [2.45, 2.75) is 38.9 Å². The molecule has 0 radical (unpaired) electrons. The number of nitrogens with zero attached hydrogens (tertiary/aromatic N) is 4. The lowest BCUT2D eigenvalue weighted by Crippen LogP contribution is -2.22. The first-order valence-electron chi connectivity index (χ1n) is 9.34. The Labute approximate surface area is 175 Å². The second-order valence-electron chi connectivity index (χ2n) is 6.86. The van der Waals surface area contributed by atoms with Crippen LogP contribution in [0.3, 0.4) is 0 Å². The molecule has 29 heavy (non-hydrogen) atoms. The summed E-state index contributed by atoms with van der Waals surface area (Å²) in [5.41, 5.74) is 3.73. The van der Waals surface area contributed by atoms with Crippen molar-refractivity contribution in [1.82, 2.24) is 19.2 Å². The summed E-state index contributed by atoms with van der Waals surface area (Å²) in [6.45, 7) is 6.59. The van der Waals surface area contributed by atoms with Gasteiger partial charge in [0.2, 0.25) is 11.7 Å². The Kier molecular flexibility index (Phi) is 5.42. The van der Waals surface area contributed by atoms with E-state index in [4.69, 9.17) is 0 Å². The van der Waals surface area contributed by atoms with Crippen molar-refractivity contribution in [3.05, 3.63) is 51.1 Å². The number of rotatable bonds is 6. The zero-order chi connectivity index (χ0) is 20.5. The molecule has 150 valence electrons. The van der Waals surface area contributed by atoms with Gasteiger partial charge >= 0.3 is 0 Å². The second-order valence-corrected chi connectivity index (χ2v) is 8.72. The number of thiophene rings is 1. The van der Waals surface area contributed by atoms with Gasteiger partial charge in [-0.25, -0.2) is 0 Å². The largest absolute Gasteiger partial charge is 0.325 e. The lowest BCUT2D eigenvalue weighted by Gasteiger charge is -2.09. The quantitative estimate of drug-likeness (QED) is 0.473. The van der Waals surface area contributed by atoms with Gasteiger partial charge in [-0.05, 0) is 43.3 Å². The Bertz CT molecular complexity index is 1270.